The third-order valence-electron chi connectivity index (χ3n) is 7.73. The van der Waals surface area contributed by atoms with Crippen LogP contribution in [0, 0.1) is 29.6 Å². The van der Waals surface area contributed by atoms with Crippen LogP contribution >= 0.6 is 0 Å². The molecule has 0 aromatic heterocycles. The molecule has 6 atom stereocenters. The number of anilines is 1. The van der Waals surface area contributed by atoms with Crippen molar-refractivity contribution in [3.05, 3.63) is 48.0 Å². The summed E-state index contributed by atoms with van der Waals surface area (Å²) >= 11 is 0. The highest BCUT2D eigenvalue weighted by atomic mass is 16.6. The molecular weight excluding hydrogens is 452 g/mol. The van der Waals surface area contributed by atoms with Crippen LogP contribution in [0.4, 0.5) is 5.69 Å². The summed E-state index contributed by atoms with van der Waals surface area (Å²) in [6, 6.07) is 12.0. The first-order chi connectivity index (χ1) is 16.9. The first kappa shape index (κ1) is 21.6. The van der Waals surface area contributed by atoms with E-state index in [0.29, 0.717) is 22.9 Å². The molecule has 2 bridgehead atoms. The van der Waals surface area contributed by atoms with E-state index in [1.807, 2.05) is 12.1 Å². The number of nitrogens with zero attached hydrogens (tertiary/aromatic N) is 2. The zero-order chi connectivity index (χ0) is 24.4. The van der Waals surface area contributed by atoms with Gasteiger partial charge in [0.2, 0.25) is 11.8 Å². The van der Waals surface area contributed by atoms with E-state index in [0.717, 1.165) is 17.7 Å². The Balaban J connectivity index is 1.30. The molecule has 2 aromatic rings. The minimum absolute atomic E-state index is 0.0511. The van der Waals surface area contributed by atoms with Gasteiger partial charge >= 0.3 is 5.97 Å². The molecule has 35 heavy (non-hydrogen) atoms. The van der Waals surface area contributed by atoms with Gasteiger partial charge in [0.1, 0.15) is 23.4 Å². The molecule has 0 N–H and O–H groups in total. The highest BCUT2D eigenvalue weighted by Crippen LogP contribution is 2.62. The van der Waals surface area contributed by atoms with Gasteiger partial charge < -0.3 is 19.0 Å². The molecule has 3 fully saturated rings. The number of fused-ring (bicyclic) bond motifs is 8. The smallest absolute Gasteiger partial charge is 0.308 e. The molecule has 2 aliphatic carbocycles. The van der Waals surface area contributed by atoms with Gasteiger partial charge in [-0.3, -0.25) is 19.3 Å². The lowest BCUT2D eigenvalue weighted by Crippen LogP contribution is -2.41. The van der Waals surface area contributed by atoms with Crippen LogP contribution in [-0.2, 0) is 19.2 Å². The summed E-state index contributed by atoms with van der Waals surface area (Å²) < 4.78 is 16.0. The fraction of sp³-hybridized carbons (Fsp3) is 0.385. The van der Waals surface area contributed by atoms with Gasteiger partial charge in [0.05, 0.1) is 37.5 Å². The number of hydrogen-bond acceptors (Lipinski definition) is 8. The van der Waals surface area contributed by atoms with Gasteiger partial charge in [-0.1, -0.05) is 5.16 Å². The van der Waals surface area contributed by atoms with Crippen LogP contribution < -0.4 is 19.1 Å². The number of esters is 1. The van der Waals surface area contributed by atoms with Crippen molar-refractivity contribution in [2.24, 2.45) is 34.7 Å². The van der Waals surface area contributed by atoms with Crippen LogP contribution in [-0.4, -0.2) is 43.8 Å². The molecule has 6 rings (SSSR count). The van der Waals surface area contributed by atoms with E-state index in [4.69, 9.17) is 19.0 Å². The van der Waals surface area contributed by atoms with Crippen LogP contribution in [0.15, 0.2) is 47.6 Å². The van der Waals surface area contributed by atoms with Gasteiger partial charge in [-0.05, 0) is 48.7 Å². The van der Waals surface area contributed by atoms with E-state index in [9.17, 15) is 14.4 Å². The van der Waals surface area contributed by atoms with Crippen LogP contribution in [0.1, 0.15) is 18.9 Å². The zero-order valence-corrected chi connectivity index (χ0v) is 19.5. The summed E-state index contributed by atoms with van der Waals surface area (Å²) in [4.78, 5) is 45.4. The maximum absolute atomic E-state index is 13.6. The predicted molar refractivity (Wildman–Crippen MR) is 123 cm³/mol. The molecular formula is C26H24N2O7. The highest BCUT2D eigenvalue weighted by Gasteiger charge is 2.70. The molecule has 2 aromatic carbocycles. The Morgan fingerprint density at radius 3 is 2.29 bits per heavy atom. The molecule has 9 heteroatoms. The number of ether oxygens (including phenoxy) is 3. The number of amides is 2. The minimum atomic E-state index is -0.435. The van der Waals surface area contributed by atoms with Gasteiger partial charge in [-0.2, -0.15) is 0 Å². The topological polar surface area (TPSA) is 104 Å². The Morgan fingerprint density at radius 1 is 0.943 bits per heavy atom. The quantitative estimate of drug-likeness (QED) is 0.371. The molecule has 2 heterocycles. The number of rotatable bonds is 5. The number of hydrogen-bond donors (Lipinski definition) is 0. The summed E-state index contributed by atoms with van der Waals surface area (Å²) in [5.74, 6) is -0.251. The minimum Gasteiger partial charge on any atom is -0.497 e. The number of methoxy groups -OCH3 is 2. The van der Waals surface area contributed by atoms with Gasteiger partial charge in [0, 0.05) is 30.4 Å². The van der Waals surface area contributed by atoms with Crippen molar-refractivity contribution in [1.29, 1.82) is 0 Å². The van der Waals surface area contributed by atoms with Gasteiger partial charge in [-0.25, -0.2) is 0 Å². The third kappa shape index (κ3) is 3.07. The van der Waals surface area contributed by atoms with Crippen LogP contribution in [0.5, 0.6) is 17.2 Å². The number of imide groups is 1. The van der Waals surface area contributed by atoms with Gasteiger partial charge in [0.25, 0.3) is 0 Å². The van der Waals surface area contributed by atoms with Crippen LogP contribution in [0.2, 0.25) is 0 Å². The van der Waals surface area contributed by atoms with Crippen molar-refractivity contribution in [2.75, 3.05) is 19.1 Å². The number of carbonyl (C=O) groups is 3. The molecule has 1 saturated heterocycles. The Labute approximate surface area is 201 Å². The van der Waals surface area contributed by atoms with Crippen molar-refractivity contribution < 1.29 is 33.4 Å². The average molecular weight is 476 g/mol. The first-order valence-corrected chi connectivity index (χ1v) is 11.5. The summed E-state index contributed by atoms with van der Waals surface area (Å²) in [7, 11) is 3.18. The number of benzene rings is 2. The second-order valence-corrected chi connectivity index (χ2v) is 9.35. The fourth-order valence-electron chi connectivity index (χ4n) is 6.44. The molecule has 4 aliphatic rings. The second kappa shape index (κ2) is 7.83. The number of carbonyl (C=O) groups excluding carboxylic acids is 3. The van der Waals surface area contributed by atoms with E-state index in [2.05, 4.69) is 5.16 Å². The van der Waals surface area contributed by atoms with Crippen LogP contribution in [0.3, 0.4) is 0 Å². The van der Waals surface area contributed by atoms with E-state index in [1.54, 1.807) is 44.6 Å². The van der Waals surface area contributed by atoms with Crippen molar-refractivity contribution in [1.82, 2.24) is 0 Å². The Morgan fingerprint density at radius 2 is 1.63 bits per heavy atom. The average Bonchev–Trinajstić information content (AvgIpc) is 3.59. The lowest BCUT2D eigenvalue weighted by molar-refractivity contribution is -0.132. The molecule has 0 unspecified atom stereocenters. The van der Waals surface area contributed by atoms with Crippen molar-refractivity contribution in [2.45, 2.75) is 19.4 Å². The van der Waals surface area contributed by atoms with Gasteiger partial charge in [-0.15, -0.1) is 0 Å². The Hall–Kier alpha value is -3.88. The van der Waals surface area contributed by atoms with Crippen molar-refractivity contribution in [3.8, 4) is 17.2 Å². The molecule has 2 saturated carbocycles. The van der Waals surface area contributed by atoms with E-state index < -0.39 is 17.8 Å². The molecule has 180 valence electrons. The van der Waals surface area contributed by atoms with E-state index in [-0.39, 0.29) is 35.7 Å². The van der Waals surface area contributed by atoms with E-state index >= 15 is 0 Å². The second-order valence-electron chi connectivity index (χ2n) is 9.35. The molecule has 0 spiro atoms. The highest BCUT2D eigenvalue weighted by molar-refractivity contribution is 6.23. The zero-order valence-electron chi connectivity index (χ0n) is 19.5. The lowest BCUT2D eigenvalue weighted by Gasteiger charge is -2.30. The monoisotopic (exact) mass is 476 g/mol. The van der Waals surface area contributed by atoms with Crippen molar-refractivity contribution >= 4 is 29.2 Å². The Kier molecular flexibility index (Phi) is 4.84. The summed E-state index contributed by atoms with van der Waals surface area (Å²) in [5, 5.41) is 4.40. The molecule has 9 nitrogen and oxygen atoms in total. The SMILES string of the molecule is COc1ccc(C2=NO[C@@H]3[C@H]4C[C@@H]([C@@H]23)[C@H]2C(=O)N(c3ccc(OC(C)=O)cc3)C(=O)[C@@H]42)c(OC)c1. The fourth-order valence-corrected chi connectivity index (χ4v) is 6.44. The van der Waals surface area contributed by atoms with Crippen LogP contribution in [0.25, 0.3) is 0 Å². The predicted octanol–water partition coefficient (Wildman–Crippen LogP) is 2.80. The van der Waals surface area contributed by atoms with Gasteiger partial charge in [0.15, 0.2) is 0 Å². The summed E-state index contributed by atoms with van der Waals surface area (Å²) in [5.41, 5.74) is 2.03. The molecule has 0 radical (unpaired) electrons. The maximum Gasteiger partial charge on any atom is 0.308 e. The summed E-state index contributed by atoms with van der Waals surface area (Å²) in [6.07, 6.45) is 0.505. The maximum atomic E-state index is 13.6. The Bertz CT molecular complexity index is 1270. The lowest BCUT2D eigenvalue weighted by atomic mass is 9.71. The van der Waals surface area contributed by atoms with E-state index in [1.165, 1.54) is 11.8 Å². The normalized spacial score (nSPS) is 30.0. The first-order valence-electron chi connectivity index (χ1n) is 11.5. The summed E-state index contributed by atoms with van der Waals surface area (Å²) in [6.45, 7) is 1.32. The van der Waals surface area contributed by atoms with Crippen molar-refractivity contribution in [3.63, 3.8) is 0 Å². The number of oxime groups is 1. The molecule has 2 amide bonds. The third-order valence-corrected chi connectivity index (χ3v) is 7.73. The molecule has 2 aliphatic heterocycles. The standard InChI is InChI=1S/C26H24N2O7/c1-12(29)34-14-6-4-13(5-7-14)28-25(30)20-17-11-18(21(20)26(28)31)24-22(17)23(27-35-24)16-9-8-15(32-2)10-19(16)33-3/h4-10,17-18,20-22,24H,11H2,1-3H3/t17-,18+,20-,21+,22+,24-/m1/s1. The largest absolute Gasteiger partial charge is 0.497 e.